The van der Waals surface area contributed by atoms with Gasteiger partial charge in [-0.1, -0.05) is 36.4 Å². The van der Waals surface area contributed by atoms with E-state index in [1.54, 1.807) is 24.3 Å². The Morgan fingerprint density at radius 3 is 2.67 bits per heavy atom. The Labute approximate surface area is 157 Å². The summed E-state index contributed by atoms with van der Waals surface area (Å²) in [5, 5.41) is 11.8. The van der Waals surface area contributed by atoms with Gasteiger partial charge >= 0.3 is 6.09 Å². The monoisotopic (exact) mass is 364 g/mol. The number of hydrogen-bond donors (Lipinski definition) is 2. The van der Waals surface area contributed by atoms with Gasteiger partial charge in [0.1, 0.15) is 12.6 Å². The Bertz CT molecular complexity index is 874. The minimum atomic E-state index is -0.702. The molecule has 7 heteroatoms. The first-order valence-corrected chi connectivity index (χ1v) is 8.58. The molecule has 3 N–H and O–H groups in total. The molecule has 0 unspecified atom stereocenters. The molecule has 1 saturated heterocycles. The van der Waals surface area contributed by atoms with Crippen LogP contribution in [0.15, 0.2) is 48.5 Å². The number of carbonyl (C=O) groups is 2. The molecule has 1 aliphatic heterocycles. The van der Waals surface area contributed by atoms with Crippen LogP contribution in [-0.2, 0) is 29.2 Å². The van der Waals surface area contributed by atoms with E-state index in [0.717, 1.165) is 16.7 Å². The smallest absolute Gasteiger partial charge is 0.410 e. The number of carbonyl (C=O) groups excluding carboxylic acids is 2. The fourth-order valence-corrected chi connectivity index (χ4v) is 2.88. The van der Waals surface area contributed by atoms with Gasteiger partial charge in [0.25, 0.3) is 0 Å². The van der Waals surface area contributed by atoms with E-state index in [1.165, 1.54) is 4.90 Å². The first-order valence-electron chi connectivity index (χ1n) is 8.58. The fourth-order valence-electron chi connectivity index (χ4n) is 2.88. The van der Waals surface area contributed by atoms with Crippen molar-refractivity contribution in [3.63, 3.8) is 0 Å². The number of benzene rings is 2. The highest BCUT2D eigenvalue weighted by atomic mass is 16.6. The van der Waals surface area contributed by atoms with Crippen LogP contribution in [0, 0.1) is 11.3 Å². The zero-order valence-electron chi connectivity index (χ0n) is 14.7. The van der Waals surface area contributed by atoms with E-state index < -0.39 is 12.1 Å². The van der Waals surface area contributed by atoms with Gasteiger partial charge in [-0.2, -0.15) is 5.26 Å². The summed E-state index contributed by atoms with van der Waals surface area (Å²) in [5.41, 5.74) is 8.81. The van der Waals surface area contributed by atoms with Crippen molar-refractivity contribution in [3.8, 4) is 6.07 Å². The third-order valence-electron chi connectivity index (χ3n) is 4.41. The van der Waals surface area contributed by atoms with Crippen LogP contribution >= 0.6 is 0 Å². The van der Waals surface area contributed by atoms with Gasteiger partial charge < -0.3 is 15.8 Å². The molecule has 2 amide bonds. The molecular formula is C20H20N4O3. The lowest BCUT2D eigenvalue weighted by atomic mass is 10.1. The largest absolute Gasteiger partial charge is 0.447 e. The Hall–Kier alpha value is -3.37. The highest BCUT2D eigenvalue weighted by Crippen LogP contribution is 2.18. The van der Waals surface area contributed by atoms with E-state index in [0.29, 0.717) is 18.7 Å². The predicted molar refractivity (Wildman–Crippen MR) is 98.0 cm³/mol. The Morgan fingerprint density at radius 2 is 1.96 bits per heavy atom. The molecule has 1 atom stereocenters. The third kappa shape index (κ3) is 4.43. The van der Waals surface area contributed by atoms with Gasteiger partial charge in [0, 0.05) is 13.1 Å². The van der Waals surface area contributed by atoms with Crippen LogP contribution < -0.4 is 11.1 Å². The zero-order valence-corrected chi connectivity index (χ0v) is 14.7. The summed E-state index contributed by atoms with van der Waals surface area (Å²) < 4.78 is 5.06. The van der Waals surface area contributed by atoms with Crippen LogP contribution in [0.4, 0.5) is 4.79 Å². The van der Waals surface area contributed by atoms with Crippen LogP contribution in [0.5, 0.6) is 0 Å². The number of nitrogens with zero attached hydrogens (tertiary/aromatic N) is 2. The molecule has 0 saturated carbocycles. The van der Waals surface area contributed by atoms with Crippen molar-refractivity contribution in [2.24, 2.45) is 5.73 Å². The Kier molecular flexibility index (Phi) is 5.69. The van der Waals surface area contributed by atoms with Crippen molar-refractivity contribution in [1.29, 1.82) is 5.26 Å². The summed E-state index contributed by atoms with van der Waals surface area (Å²) >= 11 is 0. The number of amides is 2. The van der Waals surface area contributed by atoms with E-state index >= 15 is 0 Å². The fraction of sp³-hybridized carbons (Fsp3) is 0.250. The Balaban J connectivity index is 1.63. The maximum absolute atomic E-state index is 12.6. The SMILES string of the molecule is N#Cc1cccc(CN2C(=O)OC[C@H]2C(=O)NCc2ccc(CN)cc2)c1. The number of rotatable bonds is 6. The zero-order chi connectivity index (χ0) is 19.2. The van der Waals surface area contributed by atoms with Crippen LogP contribution in [-0.4, -0.2) is 29.5 Å². The van der Waals surface area contributed by atoms with E-state index in [-0.39, 0.29) is 19.1 Å². The first kappa shape index (κ1) is 18.4. The maximum atomic E-state index is 12.6. The number of nitrogens with one attached hydrogen (secondary N) is 1. The van der Waals surface area contributed by atoms with Crippen molar-refractivity contribution >= 4 is 12.0 Å². The molecule has 0 radical (unpaired) electrons. The molecule has 1 fully saturated rings. The lowest BCUT2D eigenvalue weighted by Crippen LogP contribution is -2.45. The molecule has 0 spiro atoms. The topological polar surface area (TPSA) is 108 Å². The molecule has 0 aromatic heterocycles. The summed E-state index contributed by atoms with van der Waals surface area (Å²) in [6.07, 6.45) is -0.537. The second-order valence-electron chi connectivity index (χ2n) is 6.27. The van der Waals surface area contributed by atoms with E-state index in [1.807, 2.05) is 24.3 Å². The van der Waals surface area contributed by atoms with Gasteiger partial charge in [0.2, 0.25) is 5.91 Å². The molecule has 3 rings (SSSR count). The van der Waals surface area contributed by atoms with Crippen LogP contribution in [0.3, 0.4) is 0 Å². The van der Waals surface area contributed by atoms with Crippen LogP contribution in [0.25, 0.3) is 0 Å². The predicted octanol–water partition coefficient (Wildman–Crippen LogP) is 1.65. The summed E-state index contributed by atoms with van der Waals surface area (Å²) in [6, 6.07) is 15.9. The van der Waals surface area contributed by atoms with E-state index in [4.69, 9.17) is 15.7 Å². The number of hydrogen-bond acceptors (Lipinski definition) is 5. The highest BCUT2D eigenvalue weighted by Gasteiger charge is 2.37. The van der Waals surface area contributed by atoms with Gasteiger partial charge in [-0.05, 0) is 28.8 Å². The average molecular weight is 364 g/mol. The lowest BCUT2D eigenvalue weighted by molar-refractivity contribution is -0.125. The molecular weight excluding hydrogens is 344 g/mol. The quantitative estimate of drug-likeness (QED) is 0.810. The standard InChI is InChI=1S/C20H20N4O3/c21-9-14-4-6-15(7-5-14)11-23-19(25)18-13-27-20(26)24(18)12-17-3-1-2-16(8-17)10-22/h1-8,18H,9,11-13,21H2,(H,23,25)/t18-/m0/s1. The number of nitriles is 1. The molecule has 0 bridgehead atoms. The Morgan fingerprint density at radius 1 is 1.22 bits per heavy atom. The second-order valence-corrected chi connectivity index (χ2v) is 6.27. The van der Waals surface area contributed by atoms with Crippen molar-refractivity contribution in [2.75, 3.05) is 6.61 Å². The molecule has 2 aromatic carbocycles. The van der Waals surface area contributed by atoms with Crippen molar-refractivity contribution in [2.45, 2.75) is 25.7 Å². The summed E-state index contributed by atoms with van der Waals surface area (Å²) in [5.74, 6) is -0.278. The molecule has 1 heterocycles. The summed E-state index contributed by atoms with van der Waals surface area (Å²) in [4.78, 5) is 26.0. The molecule has 0 aliphatic carbocycles. The van der Waals surface area contributed by atoms with Crippen molar-refractivity contribution < 1.29 is 14.3 Å². The lowest BCUT2D eigenvalue weighted by Gasteiger charge is -2.21. The molecule has 7 nitrogen and oxygen atoms in total. The minimum Gasteiger partial charge on any atom is -0.447 e. The first-order chi connectivity index (χ1) is 13.1. The van der Waals surface area contributed by atoms with Crippen molar-refractivity contribution in [1.82, 2.24) is 10.2 Å². The van der Waals surface area contributed by atoms with E-state index in [2.05, 4.69) is 11.4 Å². The number of ether oxygens (including phenoxy) is 1. The van der Waals surface area contributed by atoms with Gasteiger partial charge in [0.15, 0.2) is 0 Å². The third-order valence-corrected chi connectivity index (χ3v) is 4.41. The second kappa shape index (κ2) is 8.34. The molecule has 2 aromatic rings. The molecule has 27 heavy (non-hydrogen) atoms. The number of nitrogens with two attached hydrogens (primary N) is 1. The van der Waals surface area contributed by atoms with E-state index in [9.17, 15) is 9.59 Å². The molecule has 1 aliphatic rings. The van der Waals surface area contributed by atoms with Crippen LogP contribution in [0.1, 0.15) is 22.3 Å². The van der Waals surface area contributed by atoms with Crippen molar-refractivity contribution in [3.05, 3.63) is 70.8 Å². The highest BCUT2D eigenvalue weighted by molar-refractivity contribution is 5.87. The van der Waals surface area contributed by atoms with Crippen LogP contribution in [0.2, 0.25) is 0 Å². The number of cyclic esters (lactones) is 1. The average Bonchev–Trinajstić information content (AvgIpc) is 3.07. The van der Waals surface area contributed by atoms with Gasteiger partial charge in [0.05, 0.1) is 18.2 Å². The summed E-state index contributed by atoms with van der Waals surface area (Å²) in [6.45, 7) is 1.04. The van der Waals surface area contributed by atoms with Gasteiger partial charge in [-0.15, -0.1) is 0 Å². The minimum absolute atomic E-state index is 0.00865. The van der Waals surface area contributed by atoms with Gasteiger partial charge in [-0.3, -0.25) is 9.69 Å². The maximum Gasteiger partial charge on any atom is 0.410 e. The van der Waals surface area contributed by atoms with Gasteiger partial charge in [-0.25, -0.2) is 4.79 Å². The molecule has 138 valence electrons. The normalized spacial score (nSPS) is 15.9. The summed E-state index contributed by atoms with van der Waals surface area (Å²) in [7, 11) is 0.